The molecule has 0 heterocycles. The van der Waals surface area contributed by atoms with Gasteiger partial charge in [-0.3, -0.25) is 0 Å². The Morgan fingerprint density at radius 3 is 1.86 bits per heavy atom. The fourth-order valence-electron chi connectivity index (χ4n) is 5.80. The van der Waals surface area contributed by atoms with E-state index in [9.17, 15) is 37.5 Å². The zero-order chi connectivity index (χ0) is 42.2. The molecule has 306 valence electrons. The first-order chi connectivity index (χ1) is 28.4. The number of halogens is 3. The topological polar surface area (TPSA) is 135 Å². The van der Waals surface area contributed by atoms with Crippen LogP contribution in [0.15, 0.2) is 134 Å². The molecule has 1 N–H and O–H groups in total. The lowest BCUT2D eigenvalue weighted by molar-refractivity contribution is -0.274. The van der Waals surface area contributed by atoms with E-state index in [1.807, 2.05) is 6.07 Å². The predicted octanol–water partition coefficient (Wildman–Crippen LogP) is 10.2. The molecule has 0 fully saturated rings. The van der Waals surface area contributed by atoms with E-state index in [2.05, 4.69) is 11.3 Å². The number of rotatable bonds is 19. The van der Waals surface area contributed by atoms with Crippen molar-refractivity contribution < 1.29 is 61.1 Å². The third-order valence-electron chi connectivity index (χ3n) is 8.90. The van der Waals surface area contributed by atoms with Crippen LogP contribution in [0.25, 0.3) is 11.1 Å². The molecule has 0 aliphatic carbocycles. The molecule has 0 aliphatic heterocycles. The van der Waals surface area contributed by atoms with Gasteiger partial charge in [-0.15, -0.1) is 13.2 Å². The molecular formula is C46H41F3O10. The molecule has 0 radical (unpaired) electrons. The van der Waals surface area contributed by atoms with E-state index in [4.69, 9.17) is 18.9 Å². The number of hydrogen-bond donors (Lipinski definition) is 1. The van der Waals surface area contributed by atoms with Crippen molar-refractivity contribution in [2.45, 2.75) is 57.6 Å². The van der Waals surface area contributed by atoms with Crippen molar-refractivity contribution in [3.05, 3.63) is 162 Å². The SMILES string of the molecule is C=CC(=O)OCCCCCCCC(O)c1ccc(C(=O)Oc2ccc(OC(=O)c3ccc(-c4ccc(OC(F)(F)F)cc4)cc3)cc2C(=O)OCc2ccccc2)cc1. The molecule has 0 aromatic heterocycles. The van der Waals surface area contributed by atoms with Gasteiger partial charge >= 0.3 is 30.2 Å². The van der Waals surface area contributed by atoms with Crippen LogP contribution in [0.4, 0.5) is 13.2 Å². The van der Waals surface area contributed by atoms with E-state index in [-0.39, 0.29) is 40.5 Å². The van der Waals surface area contributed by atoms with Gasteiger partial charge in [0.05, 0.1) is 23.8 Å². The Balaban J connectivity index is 1.21. The smallest absolute Gasteiger partial charge is 0.463 e. The Hall–Kier alpha value is -6.73. The zero-order valence-corrected chi connectivity index (χ0v) is 31.8. The third kappa shape index (κ3) is 13.7. The first kappa shape index (κ1) is 43.4. The van der Waals surface area contributed by atoms with Gasteiger partial charge in [-0.25, -0.2) is 19.2 Å². The van der Waals surface area contributed by atoms with E-state index >= 15 is 0 Å². The second kappa shape index (κ2) is 21.1. The molecule has 0 saturated carbocycles. The first-order valence-corrected chi connectivity index (χ1v) is 18.7. The van der Waals surface area contributed by atoms with Crippen LogP contribution in [0, 0.1) is 0 Å². The lowest BCUT2D eigenvalue weighted by atomic mass is 10.0. The van der Waals surface area contributed by atoms with Crippen LogP contribution in [0.2, 0.25) is 0 Å². The zero-order valence-electron chi connectivity index (χ0n) is 31.8. The van der Waals surface area contributed by atoms with E-state index in [1.165, 1.54) is 66.7 Å². The minimum atomic E-state index is -4.81. The van der Waals surface area contributed by atoms with Gasteiger partial charge in [-0.2, -0.15) is 0 Å². The van der Waals surface area contributed by atoms with Gasteiger partial charge in [0.15, 0.2) is 0 Å². The number of aliphatic hydroxyl groups excluding tert-OH is 1. The number of unbranched alkanes of at least 4 members (excludes halogenated alkanes) is 4. The Labute approximate surface area is 338 Å². The quantitative estimate of drug-likeness (QED) is 0.0372. The minimum Gasteiger partial charge on any atom is -0.463 e. The number of carbonyl (C=O) groups is 4. The molecule has 0 saturated heterocycles. The van der Waals surface area contributed by atoms with E-state index < -0.39 is 36.3 Å². The van der Waals surface area contributed by atoms with E-state index in [0.717, 1.165) is 38.2 Å². The van der Waals surface area contributed by atoms with Crippen LogP contribution in [-0.2, 0) is 20.9 Å². The van der Waals surface area contributed by atoms with Gasteiger partial charge in [0.25, 0.3) is 0 Å². The molecule has 0 amide bonds. The Kier molecular flexibility index (Phi) is 15.6. The Morgan fingerprint density at radius 2 is 1.22 bits per heavy atom. The molecule has 10 nitrogen and oxygen atoms in total. The highest BCUT2D eigenvalue weighted by molar-refractivity contribution is 5.97. The molecule has 5 aromatic rings. The van der Waals surface area contributed by atoms with Crippen LogP contribution >= 0.6 is 0 Å². The predicted molar refractivity (Wildman–Crippen MR) is 211 cm³/mol. The maximum absolute atomic E-state index is 13.4. The average Bonchev–Trinajstić information content (AvgIpc) is 3.24. The minimum absolute atomic E-state index is 0.0434. The molecule has 1 unspecified atom stereocenters. The summed E-state index contributed by atoms with van der Waals surface area (Å²) < 4.78 is 63.1. The largest absolute Gasteiger partial charge is 0.573 e. The first-order valence-electron chi connectivity index (χ1n) is 18.7. The van der Waals surface area contributed by atoms with Crippen LogP contribution in [0.5, 0.6) is 17.2 Å². The molecule has 13 heteroatoms. The van der Waals surface area contributed by atoms with E-state index in [0.29, 0.717) is 35.3 Å². The second-order valence-corrected chi connectivity index (χ2v) is 13.2. The van der Waals surface area contributed by atoms with Crippen molar-refractivity contribution in [1.82, 2.24) is 0 Å². The summed E-state index contributed by atoms with van der Waals surface area (Å²) in [6.07, 6.45) is 0.349. The summed E-state index contributed by atoms with van der Waals surface area (Å²) in [7, 11) is 0. The van der Waals surface area contributed by atoms with Gasteiger partial charge in [0.2, 0.25) is 0 Å². The molecule has 1 atom stereocenters. The molecule has 0 bridgehead atoms. The van der Waals surface area contributed by atoms with Crippen LogP contribution < -0.4 is 14.2 Å². The average molecular weight is 811 g/mol. The van der Waals surface area contributed by atoms with Crippen molar-refractivity contribution in [1.29, 1.82) is 0 Å². The standard InChI is InChI=1S/C46H41F3O10/c1-2-42(51)55-28-10-5-3-4-9-13-40(50)34-16-20-36(21-17-34)44(53)58-41-27-26-38(29-39(41)45(54)56-30-31-11-7-6-8-12-31)57-43(52)35-18-14-32(15-19-35)33-22-24-37(25-23-33)59-46(47,48)49/h2,6-8,11-12,14-27,29,40,50H,1,3-5,9-10,13,28,30H2. The summed E-state index contributed by atoms with van der Waals surface area (Å²) in [4.78, 5) is 50.9. The lowest BCUT2D eigenvalue weighted by Crippen LogP contribution is -2.16. The van der Waals surface area contributed by atoms with Gasteiger partial charge in [-0.05, 0) is 89.7 Å². The van der Waals surface area contributed by atoms with Crippen LogP contribution in [-0.4, -0.2) is 42.0 Å². The number of alkyl halides is 3. The van der Waals surface area contributed by atoms with Gasteiger partial charge in [-0.1, -0.05) is 99.0 Å². The number of carbonyl (C=O) groups excluding carboxylic acids is 4. The summed E-state index contributed by atoms with van der Waals surface area (Å²) in [5.41, 5.74) is 2.65. The van der Waals surface area contributed by atoms with Crippen molar-refractivity contribution in [3.63, 3.8) is 0 Å². The molecule has 0 aliphatic rings. The number of benzene rings is 5. The maximum Gasteiger partial charge on any atom is 0.573 e. The van der Waals surface area contributed by atoms with Gasteiger partial charge < -0.3 is 28.8 Å². The van der Waals surface area contributed by atoms with Crippen molar-refractivity contribution >= 4 is 23.9 Å². The van der Waals surface area contributed by atoms with Crippen molar-refractivity contribution in [2.24, 2.45) is 0 Å². The highest BCUT2D eigenvalue weighted by Crippen LogP contribution is 2.30. The van der Waals surface area contributed by atoms with Gasteiger partial charge in [0, 0.05) is 6.08 Å². The molecule has 5 rings (SSSR count). The number of esters is 4. The molecule has 5 aromatic carbocycles. The normalized spacial score (nSPS) is 11.5. The summed E-state index contributed by atoms with van der Waals surface area (Å²) in [5.74, 6) is -3.40. The molecular weight excluding hydrogens is 769 g/mol. The third-order valence-corrected chi connectivity index (χ3v) is 8.90. The highest BCUT2D eigenvalue weighted by Gasteiger charge is 2.31. The summed E-state index contributed by atoms with van der Waals surface area (Å²) in [6, 6.07) is 30.5. The fourth-order valence-corrected chi connectivity index (χ4v) is 5.80. The Bertz CT molecular complexity index is 2180. The summed E-state index contributed by atoms with van der Waals surface area (Å²) in [6.45, 7) is 3.62. The maximum atomic E-state index is 13.4. The van der Waals surface area contributed by atoms with Crippen molar-refractivity contribution in [3.8, 4) is 28.4 Å². The number of aliphatic hydroxyl groups is 1. The van der Waals surface area contributed by atoms with Crippen LogP contribution in [0.1, 0.15) is 86.8 Å². The fraction of sp³-hybridized carbons (Fsp3) is 0.217. The summed E-state index contributed by atoms with van der Waals surface area (Å²) >= 11 is 0. The van der Waals surface area contributed by atoms with Gasteiger partial charge in [0.1, 0.15) is 29.4 Å². The number of hydrogen-bond acceptors (Lipinski definition) is 10. The van der Waals surface area contributed by atoms with Crippen LogP contribution in [0.3, 0.4) is 0 Å². The summed E-state index contributed by atoms with van der Waals surface area (Å²) in [5, 5.41) is 10.7. The second-order valence-electron chi connectivity index (χ2n) is 13.2. The lowest BCUT2D eigenvalue weighted by Gasteiger charge is -2.14. The Morgan fingerprint density at radius 1 is 0.644 bits per heavy atom. The molecule has 0 spiro atoms. The van der Waals surface area contributed by atoms with E-state index in [1.54, 1.807) is 48.5 Å². The highest BCUT2D eigenvalue weighted by atomic mass is 19.4. The number of ether oxygens (including phenoxy) is 5. The monoisotopic (exact) mass is 810 g/mol. The molecule has 59 heavy (non-hydrogen) atoms. The van der Waals surface area contributed by atoms with Crippen molar-refractivity contribution in [2.75, 3.05) is 6.61 Å².